The second-order valence-corrected chi connectivity index (χ2v) is 7.02. The van der Waals surface area contributed by atoms with Crippen LogP contribution in [0.3, 0.4) is 0 Å². The largest absolute Gasteiger partial charge is 0.394 e. The summed E-state index contributed by atoms with van der Waals surface area (Å²) in [4.78, 5) is 1.78. The van der Waals surface area contributed by atoms with Crippen LogP contribution in [0.15, 0.2) is 30.3 Å². The van der Waals surface area contributed by atoms with Gasteiger partial charge in [-0.1, -0.05) is 62.9 Å². The van der Waals surface area contributed by atoms with E-state index in [0.717, 1.165) is 31.2 Å². The molecule has 6 nitrogen and oxygen atoms in total. The molecule has 0 radical (unpaired) electrons. The zero-order valence-corrected chi connectivity index (χ0v) is 14.9. The molecule has 2 bridgehead atoms. The molecule has 1 aromatic rings. The van der Waals surface area contributed by atoms with E-state index < -0.39 is 17.1 Å². The fourth-order valence-corrected chi connectivity index (χ4v) is 4.39. The number of rotatable bonds is 9. The topological polar surface area (TPSA) is 82.4 Å². The molecule has 2 saturated heterocycles. The van der Waals surface area contributed by atoms with E-state index in [9.17, 15) is 15.3 Å². The zero-order chi connectivity index (χ0) is 18.0. The van der Waals surface area contributed by atoms with Gasteiger partial charge in [0.25, 0.3) is 0 Å². The Labute approximate surface area is 149 Å². The van der Waals surface area contributed by atoms with E-state index in [2.05, 4.69) is 6.92 Å². The normalized spacial score (nSPS) is 34.7. The van der Waals surface area contributed by atoms with Crippen molar-refractivity contribution in [2.24, 2.45) is 0 Å². The van der Waals surface area contributed by atoms with E-state index in [0.29, 0.717) is 6.42 Å². The number of fused-ring (bicyclic) bond motifs is 2. The summed E-state index contributed by atoms with van der Waals surface area (Å²) in [5.41, 5.74) is -1.12. The summed E-state index contributed by atoms with van der Waals surface area (Å²) in [7, 11) is 0. The molecule has 2 aliphatic rings. The van der Waals surface area contributed by atoms with E-state index >= 15 is 0 Å². The number of unbranched alkanes of at least 4 members (excludes halogenated alkanes) is 3. The SMILES string of the molecule is CCCCCCC1(CO)N(CO)C2(c3ccccc3)COC1(CO)O2. The molecule has 6 heteroatoms. The molecular formula is C19H29NO5. The van der Waals surface area contributed by atoms with Gasteiger partial charge >= 0.3 is 0 Å². The van der Waals surface area contributed by atoms with E-state index in [1.54, 1.807) is 4.90 Å². The van der Waals surface area contributed by atoms with Crippen LogP contribution in [0.5, 0.6) is 0 Å². The van der Waals surface area contributed by atoms with Crippen LogP contribution in [0.1, 0.15) is 44.6 Å². The molecule has 0 amide bonds. The highest BCUT2D eigenvalue weighted by atomic mass is 16.8. The van der Waals surface area contributed by atoms with Crippen molar-refractivity contribution in [3.05, 3.63) is 35.9 Å². The fraction of sp³-hybridized carbons (Fsp3) is 0.684. The van der Waals surface area contributed by atoms with Crippen molar-refractivity contribution in [2.45, 2.75) is 56.1 Å². The van der Waals surface area contributed by atoms with Crippen LogP contribution in [-0.2, 0) is 15.2 Å². The van der Waals surface area contributed by atoms with E-state index in [4.69, 9.17) is 9.47 Å². The minimum Gasteiger partial charge on any atom is -0.394 e. The van der Waals surface area contributed by atoms with Gasteiger partial charge in [0, 0.05) is 5.56 Å². The van der Waals surface area contributed by atoms with Crippen LogP contribution < -0.4 is 0 Å². The molecule has 2 heterocycles. The first-order chi connectivity index (χ1) is 12.1. The van der Waals surface area contributed by atoms with Gasteiger partial charge in [0.15, 0.2) is 5.72 Å². The summed E-state index contributed by atoms with van der Waals surface area (Å²) in [6.07, 6.45) is 4.70. The highest BCUT2D eigenvalue weighted by molar-refractivity contribution is 5.29. The summed E-state index contributed by atoms with van der Waals surface area (Å²) in [5, 5.41) is 30.6. The van der Waals surface area contributed by atoms with Crippen LogP contribution in [-0.4, -0.2) is 58.1 Å². The van der Waals surface area contributed by atoms with Gasteiger partial charge in [0.1, 0.15) is 5.54 Å². The number of aliphatic hydroxyl groups excluding tert-OH is 3. The lowest BCUT2D eigenvalue weighted by Gasteiger charge is -2.49. The molecule has 2 aliphatic heterocycles. The average Bonchev–Trinajstić information content (AvgIpc) is 3.17. The quantitative estimate of drug-likeness (QED) is 0.586. The Bertz CT molecular complexity index is 570. The second kappa shape index (κ2) is 7.31. The lowest BCUT2D eigenvalue weighted by Crippen LogP contribution is -2.68. The monoisotopic (exact) mass is 351 g/mol. The number of hydrogen-bond acceptors (Lipinski definition) is 6. The summed E-state index contributed by atoms with van der Waals surface area (Å²) in [5.74, 6) is -1.33. The van der Waals surface area contributed by atoms with Crippen molar-refractivity contribution in [3.63, 3.8) is 0 Å². The highest BCUT2D eigenvalue weighted by Gasteiger charge is 2.75. The summed E-state index contributed by atoms with van der Waals surface area (Å²) >= 11 is 0. The van der Waals surface area contributed by atoms with Gasteiger partial charge < -0.3 is 24.8 Å². The van der Waals surface area contributed by atoms with Crippen LogP contribution in [0.2, 0.25) is 0 Å². The Kier molecular flexibility index (Phi) is 5.48. The third kappa shape index (κ3) is 2.63. The molecule has 3 atom stereocenters. The van der Waals surface area contributed by atoms with Gasteiger partial charge in [0.2, 0.25) is 5.79 Å². The molecule has 0 aliphatic carbocycles. The number of ether oxygens (including phenoxy) is 2. The molecule has 0 aromatic heterocycles. The van der Waals surface area contributed by atoms with Crippen LogP contribution in [0.4, 0.5) is 0 Å². The Hall–Kier alpha value is -1.02. The fourth-order valence-electron chi connectivity index (χ4n) is 4.39. The molecular weight excluding hydrogens is 322 g/mol. The van der Waals surface area contributed by atoms with E-state index in [1.807, 2.05) is 30.3 Å². The first kappa shape index (κ1) is 18.8. The highest BCUT2D eigenvalue weighted by Crippen LogP contribution is 2.58. The Morgan fingerprint density at radius 3 is 2.40 bits per heavy atom. The zero-order valence-electron chi connectivity index (χ0n) is 14.9. The predicted molar refractivity (Wildman–Crippen MR) is 92.5 cm³/mol. The molecule has 2 fully saturated rings. The molecule has 140 valence electrons. The van der Waals surface area contributed by atoms with Crippen molar-refractivity contribution in [1.29, 1.82) is 0 Å². The number of benzene rings is 1. The van der Waals surface area contributed by atoms with Gasteiger partial charge in [-0.3, -0.25) is 0 Å². The summed E-state index contributed by atoms with van der Waals surface area (Å²) in [6.45, 7) is 1.44. The Morgan fingerprint density at radius 2 is 1.80 bits per heavy atom. The number of nitrogens with zero attached hydrogens (tertiary/aromatic N) is 1. The summed E-state index contributed by atoms with van der Waals surface area (Å²) in [6, 6.07) is 9.57. The molecule has 1 aromatic carbocycles. The van der Waals surface area contributed by atoms with Crippen LogP contribution >= 0.6 is 0 Å². The van der Waals surface area contributed by atoms with Gasteiger partial charge in [-0.25, -0.2) is 4.90 Å². The van der Waals surface area contributed by atoms with Gasteiger partial charge in [-0.15, -0.1) is 0 Å². The summed E-state index contributed by atoms with van der Waals surface area (Å²) < 4.78 is 12.2. The smallest absolute Gasteiger partial charge is 0.215 e. The molecule has 3 rings (SSSR count). The molecule has 3 N–H and O–H groups in total. The molecule has 0 saturated carbocycles. The maximum Gasteiger partial charge on any atom is 0.215 e. The first-order valence-electron chi connectivity index (χ1n) is 9.15. The lowest BCUT2D eigenvalue weighted by molar-refractivity contribution is -0.235. The third-order valence-electron chi connectivity index (χ3n) is 5.78. The minimum atomic E-state index is -1.33. The second-order valence-electron chi connectivity index (χ2n) is 7.02. The number of aliphatic hydroxyl groups is 3. The van der Waals surface area contributed by atoms with Crippen molar-refractivity contribution >= 4 is 0 Å². The van der Waals surface area contributed by atoms with Crippen LogP contribution in [0, 0.1) is 0 Å². The Morgan fingerprint density at radius 1 is 1.04 bits per heavy atom. The number of hydrogen-bond donors (Lipinski definition) is 3. The number of morpholine rings is 1. The van der Waals surface area contributed by atoms with Crippen LogP contribution in [0.25, 0.3) is 0 Å². The minimum absolute atomic E-state index is 0.203. The van der Waals surface area contributed by atoms with Gasteiger partial charge in [-0.2, -0.15) is 0 Å². The van der Waals surface area contributed by atoms with Crippen molar-refractivity contribution in [3.8, 4) is 0 Å². The molecule has 0 spiro atoms. The molecule has 25 heavy (non-hydrogen) atoms. The maximum absolute atomic E-state index is 10.3. The Balaban J connectivity index is 1.99. The van der Waals surface area contributed by atoms with Crippen molar-refractivity contribution in [1.82, 2.24) is 4.90 Å². The standard InChI is InChI=1S/C19H29NO5/c1-2-3-4-8-11-17(12-21)19(13-22)24-14-18(25-19,20(17)15-23)16-9-6-5-7-10-16/h5-7,9-10,21-23H,2-4,8,11-15H2,1H3. The lowest BCUT2D eigenvalue weighted by atomic mass is 9.81. The van der Waals surface area contributed by atoms with Gasteiger partial charge in [-0.05, 0) is 6.42 Å². The van der Waals surface area contributed by atoms with E-state index in [1.165, 1.54) is 0 Å². The average molecular weight is 351 g/mol. The molecule has 3 unspecified atom stereocenters. The van der Waals surface area contributed by atoms with Crippen molar-refractivity contribution < 1.29 is 24.8 Å². The third-order valence-corrected chi connectivity index (χ3v) is 5.78. The van der Waals surface area contributed by atoms with Gasteiger partial charge in [0.05, 0.1) is 26.6 Å². The maximum atomic E-state index is 10.3. The first-order valence-corrected chi connectivity index (χ1v) is 9.15. The van der Waals surface area contributed by atoms with Crippen molar-refractivity contribution in [2.75, 3.05) is 26.6 Å². The predicted octanol–water partition coefficient (Wildman–Crippen LogP) is 1.54. The van der Waals surface area contributed by atoms with E-state index in [-0.39, 0.29) is 26.6 Å².